The van der Waals surface area contributed by atoms with Crippen LogP contribution in [-0.4, -0.2) is 56.3 Å². The first kappa shape index (κ1) is 25.5. The Labute approximate surface area is 227 Å². The van der Waals surface area contributed by atoms with Gasteiger partial charge in [0.05, 0.1) is 17.6 Å². The average molecular weight is 555 g/mol. The molecule has 4 aliphatic carbocycles. The summed E-state index contributed by atoms with van der Waals surface area (Å²) in [5, 5.41) is 22.8. The lowest BCUT2D eigenvalue weighted by atomic mass is 9.75. The van der Waals surface area contributed by atoms with Gasteiger partial charge in [-0.1, -0.05) is 0 Å². The summed E-state index contributed by atoms with van der Waals surface area (Å²) in [6.07, 6.45) is 4.08. The number of hydrogen-bond acceptors (Lipinski definition) is 6. The van der Waals surface area contributed by atoms with E-state index in [0.29, 0.717) is 23.8 Å². The molecule has 3 heterocycles. The van der Waals surface area contributed by atoms with Crippen molar-refractivity contribution in [1.29, 1.82) is 0 Å². The fourth-order valence-electron chi connectivity index (χ4n) is 7.76. The van der Waals surface area contributed by atoms with Crippen LogP contribution in [0, 0.1) is 29.4 Å². The van der Waals surface area contributed by atoms with Gasteiger partial charge < -0.3 is 20.4 Å². The Morgan fingerprint density at radius 2 is 1.82 bits per heavy atom. The lowest BCUT2D eigenvalue weighted by Gasteiger charge is -2.39. The molecule has 4 bridgehead atoms. The summed E-state index contributed by atoms with van der Waals surface area (Å²) in [4.78, 5) is 33.3. The number of anilines is 1. The number of carbonyl (C=O) groups excluding carboxylic acids is 1. The van der Waals surface area contributed by atoms with Gasteiger partial charge in [0, 0.05) is 30.8 Å². The van der Waals surface area contributed by atoms with Crippen molar-refractivity contribution in [3.63, 3.8) is 0 Å². The van der Waals surface area contributed by atoms with Crippen LogP contribution < -0.4 is 15.6 Å². The first-order valence-electron chi connectivity index (χ1n) is 13.7. The number of nitrogens with one attached hydrogen (secondary N) is 1. The number of alkyl halides is 1. The minimum absolute atomic E-state index is 0.00260. The van der Waals surface area contributed by atoms with E-state index >= 15 is 4.39 Å². The van der Waals surface area contributed by atoms with Gasteiger partial charge in [-0.2, -0.15) is 0 Å². The Morgan fingerprint density at radius 3 is 2.50 bits per heavy atom. The minimum atomic E-state index is -2.45. The monoisotopic (exact) mass is 554 g/mol. The quantitative estimate of drug-likeness (QED) is 0.428. The smallest absolute Gasteiger partial charge is 0.257 e. The number of hydrogen-bond donors (Lipinski definition) is 3. The van der Waals surface area contributed by atoms with Gasteiger partial charge in [-0.05, 0) is 74.1 Å². The fourth-order valence-corrected chi connectivity index (χ4v) is 7.76. The molecule has 1 saturated heterocycles. The molecule has 1 aliphatic heterocycles. The second kappa shape index (κ2) is 8.78. The molecule has 40 heavy (non-hydrogen) atoms. The SMILES string of the molecule is O=C(NC12CC3CC(C1)C(C3)C2)c1cn(-c2ccc(F)cc2F)c2nc(N3CCC(O)(O)[C@H](F)C3)ccc2c1=O. The fraction of sp³-hybridized carbons (Fsp3) is 0.483. The maximum Gasteiger partial charge on any atom is 0.257 e. The number of benzene rings is 1. The summed E-state index contributed by atoms with van der Waals surface area (Å²) in [7, 11) is 0. The van der Waals surface area contributed by atoms with Crippen molar-refractivity contribution in [2.45, 2.75) is 56.0 Å². The number of pyridine rings is 2. The largest absolute Gasteiger partial charge is 0.363 e. The van der Waals surface area contributed by atoms with Gasteiger partial charge >= 0.3 is 0 Å². The first-order valence-corrected chi connectivity index (χ1v) is 13.7. The van der Waals surface area contributed by atoms with Crippen molar-refractivity contribution >= 4 is 22.8 Å². The molecule has 2 aromatic heterocycles. The van der Waals surface area contributed by atoms with Gasteiger partial charge in [-0.15, -0.1) is 0 Å². The molecule has 8 rings (SSSR count). The second-order valence-corrected chi connectivity index (χ2v) is 12.1. The number of amides is 1. The predicted molar refractivity (Wildman–Crippen MR) is 140 cm³/mol. The third kappa shape index (κ3) is 4.01. The molecule has 1 aromatic carbocycles. The normalized spacial score (nSPS) is 30.3. The summed E-state index contributed by atoms with van der Waals surface area (Å²) in [5.41, 5.74) is -1.20. The molecule has 0 spiro atoms. The highest BCUT2D eigenvalue weighted by Gasteiger charge is 2.56. The van der Waals surface area contributed by atoms with Crippen LogP contribution in [0.3, 0.4) is 0 Å². The molecule has 5 aliphatic rings. The minimum Gasteiger partial charge on any atom is -0.363 e. The number of aromatic nitrogens is 2. The Kier molecular flexibility index (Phi) is 5.60. The van der Waals surface area contributed by atoms with Crippen molar-refractivity contribution in [2.75, 3.05) is 18.0 Å². The molecule has 5 fully saturated rings. The molecular weight excluding hydrogens is 525 g/mol. The maximum atomic E-state index is 15.0. The molecule has 3 aromatic rings. The summed E-state index contributed by atoms with van der Waals surface area (Å²) in [6, 6.07) is 5.90. The van der Waals surface area contributed by atoms with Crippen LogP contribution in [0.2, 0.25) is 0 Å². The van der Waals surface area contributed by atoms with Crippen LogP contribution in [0.15, 0.2) is 41.3 Å². The first-order chi connectivity index (χ1) is 19.0. The number of nitrogens with zero attached hydrogens (tertiary/aromatic N) is 3. The van der Waals surface area contributed by atoms with E-state index in [2.05, 4.69) is 10.3 Å². The number of rotatable bonds is 4. The third-order valence-electron chi connectivity index (χ3n) is 9.51. The highest BCUT2D eigenvalue weighted by molar-refractivity contribution is 5.98. The van der Waals surface area contributed by atoms with Crippen LogP contribution in [-0.2, 0) is 0 Å². The van der Waals surface area contributed by atoms with Crippen LogP contribution in [0.1, 0.15) is 48.9 Å². The Morgan fingerprint density at radius 1 is 1.07 bits per heavy atom. The van der Waals surface area contributed by atoms with Crippen molar-refractivity contribution in [1.82, 2.24) is 14.9 Å². The number of carbonyl (C=O) groups is 1. The van der Waals surface area contributed by atoms with Crippen LogP contribution in [0.5, 0.6) is 0 Å². The molecule has 2 unspecified atom stereocenters. The second-order valence-electron chi connectivity index (χ2n) is 12.1. The van der Waals surface area contributed by atoms with Gasteiger partial charge in [0.1, 0.15) is 23.0 Å². The number of fused-ring (bicyclic) bond motifs is 1. The van der Waals surface area contributed by atoms with E-state index in [1.54, 1.807) is 0 Å². The number of aliphatic hydroxyl groups is 2. The van der Waals surface area contributed by atoms with Gasteiger partial charge in [0.2, 0.25) is 5.43 Å². The third-order valence-corrected chi connectivity index (χ3v) is 9.51. The molecule has 1 amide bonds. The zero-order valence-corrected chi connectivity index (χ0v) is 21.6. The van der Waals surface area contributed by atoms with Gasteiger partial charge in [0.15, 0.2) is 17.6 Å². The van der Waals surface area contributed by atoms with Crippen LogP contribution in [0.25, 0.3) is 16.7 Å². The molecule has 0 radical (unpaired) electrons. The van der Waals surface area contributed by atoms with Crippen LogP contribution >= 0.6 is 0 Å². The molecule has 4 saturated carbocycles. The maximum absolute atomic E-state index is 15.0. The Bertz CT molecular complexity index is 1590. The molecule has 8 nitrogen and oxygen atoms in total. The van der Waals surface area contributed by atoms with E-state index in [-0.39, 0.29) is 53.2 Å². The molecule has 3 N–H and O–H groups in total. The molecular formula is C29H29F3N4O4. The Hall–Kier alpha value is -3.44. The number of piperidine rings is 1. The van der Waals surface area contributed by atoms with Gasteiger partial charge in [-0.25, -0.2) is 18.2 Å². The summed E-state index contributed by atoms with van der Waals surface area (Å²) in [5.74, 6) is -2.67. The van der Waals surface area contributed by atoms with Crippen LogP contribution in [0.4, 0.5) is 19.0 Å². The summed E-state index contributed by atoms with van der Waals surface area (Å²) >= 11 is 0. The standard InChI is InChI=1S/C29H29F3N4O4/c30-18-1-3-22(21(31)9-18)36-13-20(27(38)34-28-10-15-7-16(11-28)17(8-15)12-28)25(37)19-2-4-24(33-26(19)36)35-6-5-29(39,40)23(32)14-35/h1-4,9,13,15-17,23,39-40H,5-8,10-12,14H2,(H,34,38)/t15?,16?,17?,23-,28?/m1/s1. The zero-order valence-electron chi connectivity index (χ0n) is 21.6. The average Bonchev–Trinajstić information content (AvgIpc) is 3.31. The Balaban J connectivity index is 1.32. The van der Waals surface area contributed by atoms with E-state index in [0.717, 1.165) is 25.3 Å². The lowest BCUT2D eigenvalue weighted by molar-refractivity contribution is -0.211. The molecule has 3 atom stereocenters. The zero-order chi connectivity index (χ0) is 28.0. The van der Waals surface area contributed by atoms with Crippen molar-refractivity contribution < 1.29 is 28.2 Å². The van der Waals surface area contributed by atoms with E-state index in [1.165, 1.54) is 46.7 Å². The van der Waals surface area contributed by atoms with Crippen molar-refractivity contribution in [2.24, 2.45) is 17.8 Å². The molecule has 210 valence electrons. The van der Waals surface area contributed by atoms with E-state index in [4.69, 9.17) is 0 Å². The summed E-state index contributed by atoms with van der Waals surface area (Å²) < 4.78 is 44.4. The van der Waals surface area contributed by atoms with E-state index in [1.807, 2.05) is 0 Å². The lowest BCUT2D eigenvalue weighted by Crippen LogP contribution is -2.53. The van der Waals surface area contributed by atoms with Crippen molar-refractivity contribution in [3.05, 3.63) is 63.9 Å². The van der Waals surface area contributed by atoms with E-state index < -0.39 is 34.9 Å². The topological polar surface area (TPSA) is 108 Å². The summed E-state index contributed by atoms with van der Waals surface area (Å²) in [6.45, 7) is -0.279. The highest BCUT2D eigenvalue weighted by Crippen LogP contribution is 2.59. The van der Waals surface area contributed by atoms with Gasteiger partial charge in [0.25, 0.3) is 5.91 Å². The highest BCUT2D eigenvalue weighted by atomic mass is 19.1. The van der Waals surface area contributed by atoms with E-state index in [9.17, 15) is 28.6 Å². The van der Waals surface area contributed by atoms with Crippen molar-refractivity contribution in [3.8, 4) is 5.69 Å². The molecule has 11 heteroatoms. The van der Waals surface area contributed by atoms with Gasteiger partial charge in [-0.3, -0.25) is 14.2 Å². The number of halogens is 3. The predicted octanol–water partition coefficient (Wildman–Crippen LogP) is 3.20.